The zero-order chi connectivity index (χ0) is 30.8. The van der Waals surface area contributed by atoms with Crippen molar-refractivity contribution in [1.29, 1.82) is 0 Å². The van der Waals surface area contributed by atoms with Gasteiger partial charge < -0.3 is 18.9 Å². The van der Waals surface area contributed by atoms with Gasteiger partial charge in [0, 0.05) is 6.42 Å². The molecule has 0 amide bonds. The SMILES string of the molecule is C#CCC.C#COC.C#COCC.C=CCC.C=CCCC.C=CCCCC.C=COC.C=COCC. The standard InChI is InChI=1S/C6H12.C5H10.C4H8O.C4H6O.C4H8.C4H6.C3H6O.C3H4O/c1-3-5-6-4-2;3*1-3-5-4-2;4*1-3-4-2/h3H,1,4-6H2,2H3;3H,1,4-5H2,2H3;3H,1,4H2,2H3;1H,4H2,2H3;3H,1,4H2,2H3;1H,4H2,2H3;3H,1H2,2H3;1H,2H3. The molecule has 0 rings (SSSR count). The van der Waals surface area contributed by atoms with Crippen LogP contribution in [0.2, 0.25) is 0 Å². The Morgan fingerprint density at radius 3 is 1.14 bits per heavy atom. The summed E-state index contributed by atoms with van der Waals surface area (Å²) in [5.74, 6) is 2.43. The Kier molecular flexibility index (Phi) is 155. The summed E-state index contributed by atoms with van der Waals surface area (Å²) in [4.78, 5) is 0. The van der Waals surface area contributed by atoms with Gasteiger partial charge >= 0.3 is 0 Å². The normalized spacial score (nSPS) is 6.19. The largest absolute Gasteiger partial charge is 0.505 e. The lowest BCUT2D eigenvalue weighted by molar-refractivity contribution is 0.270. The Bertz CT molecular complexity index is 456. The van der Waals surface area contributed by atoms with Crippen LogP contribution in [0.15, 0.2) is 63.6 Å². The number of hydrogen-bond acceptors (Lipinski definition) is 4. The van der Waals surface area contributed by atoms with E-state index in [-0.39, 0.29) is 0 Å². The summed E-state index contributed by atoms with van der Waals surface area (Å²) >= 11 is 0. The van der Waals surface area contributed by atoms with Crippen molar-refractivity contribution in [3.05, 3.63) is 63.6 Å². The van der Waals surface area contributed by atoms with E-state index in [0.29, 0.717) is 6.61 Å². The molecule has 0 atom stereocenters. The molecule has 0 N–H and O–H groups in total. The van der Waals surface area contributed by atoms with E-state index in [1.807, 2.05) is 51.2 Å². The van der Waals surface area contributed by atoms with Gasteiger partial charge in [-0.15, -0.1) is 32.1 Å². The summed E-state index contributed by atoms with van der Waals surface area (Å²) < 4.78 is 17.3. The van der Waals surface area contributed by atoms with Crippen molar-refractivity contribution < 1.29 is 18.9 Å². The van der Waals surface area contributed by atoms with E-state index in [2.05, 4.69) is 91.4 Å². The lowest BCUT2D eigenvalue weighted by atomic mass is 10.3. The van der Waals surface area contributed by atoms with Gasteiger partial charge in [0.1, 0.15) is 12.2 Å². The summed E-state index contributed by atoms with van der Waals surface area (Å²) in [6.07, 6.45) is 34.6. The highest BCUT2D eigenvalue weighted by Crippen LogP contribution is 1.91. The first-order valence-electron chi connectivity index (χ1n) is 12.5. The van der Waals surface area contributed by atoms with E-state index in [1.165, 1.54) is 45.3 Å². The van der Waals surface area contributed by atoms with Crippen LogP contribution < -0.4 is 0 Å². The van der Waals surface area contributed by atoms with E-state index in [0.717, 1.165) is 25.9 Å². The van der Waals surface area contributed by atoms with Gasteiger partial charge in [-0.05, 0) is 33.1 Å². The minimum absolute atomic E-state index is 0.608. The molecule has 0 aromatic heterocycles. The highest BCUT2D eigenvalue weighted by Gasteiger charge is 1.71. The maximum Gasteiger partial charge on any atom is 0.106 e. The third kappa shape index (κ3) is 332. The van der Waals surface area contributed by atoms with Crippen molar-refractivity contribution in [1.82, 2.24) is 0 Å². The van der Waals surface area contributed by atoms with E-state index in [9.17, 15) is 0 Å². The lowest BCUT2D eigenvalue weighted by Gasteiger charge is -1.84. The van der Waals surface area contributed by atoms with Crippen molar-refractivity contribution in [2.24, 2.45) is 0 Å². The van der Waals surface area contributed by atoms with Gasteiger partial charge in [-0.25, -0.2) is 0 Å². The quantitative estimate of drug-likeness (QED) is 0.124. The predicted octanol–water partition coefficient (Wildman–Crippen LogP) is 9.73. The highest BCUT2D eigenvalue weighted by molar-refractivity contribution is 4.80. The number of allylic oxidation sites excluding steroid dienone is 3. The number of rotatable bonds is 10. The van der Waals surface area contributed by atoms with Gasteiger partial charge in [0.25, 0.3) is 0 Å². The second-order valence-electron chi connectivity index (χ2n) is 5.66. The summed E-state index contributed by atoms with van der Waals surface area (Å²) in [6.45, 7) is 30.6. The van der Waals surface area contributed by atoms with Crippen molar-refractivity contribution in [3.63, 3.8) is 0 Å². The molecular weight excluding hydrogens is 460 g/mol. The van der Waals surface area contributed by atoms with Crippen molar-refractivity contribution in [2.75, 3.05) is 27.4 Å². The lowest BCUT2D eigenvalue weighted by Crippen LogP contribution is -1.73. The Morgan fingerprint density at radius 1 is 0.676 bits per heavy atom. The maximum absolute atomic E-state index is 4.78. The number of methoxy groups -OCH3 is 2. The summed E-state index contributed by atoms with van der Waals surface area (Å²) in [5.41, 5.74) is 0. The van der Waals surface area contributed by atoms with Gasteiger partial charge in [0.15, 0.2) is 0 Å². The molecule has 0 unspecified atom stereocenters. The minimum Gasteiger partial charge on any atom is -0.505 e. The molecule has 0 saturated carbocycles. The zero-order valence-corrected chi connectivity index (χ0v) is 25.7. The van der Waals surface area contributed by atoms with Gasteiger partial charge in [-0.2, -0.15) is 0 Å². The maximum atomic E-state index is 4.78. The van der Waals surface area contributed by atoms with Crippen LogP contribution in [0.25, 0.3) is 0 Å². The number of terminal acetylenes is 3. The molecule has 0 saturated heterocycles. The fourth-order valence-corrected chi connectivity index (χ4v) is 0.754. The highest BCUT2D eigenvalue weighted by atomic mass is 16.5. The minimum atomic E-state index is 0.608. The Labute approximate surface area is 233 Å². The fraction of sp³-hybridized carbons (Fsp3) is 0.515. The summed E-state index contributed by atoms with van der Waals surface area (Å²) in [5, 5.41) is 0. The van der Waals surface area contributed by atoms with Crippen molar-refractivity contribution in [3.8, 4) is 37.4 Å². The number of ether oxygens (including phenoxy) is 4. The molecular formula is C33H60O4. The van der Waals surface area contributed by atoms with E-state index in [4.69, 9.17) is 6.42 Å². The molecule has 0 aliphatic rings. The van der Waals surface area contributed by atoms with Crippen LogP contribution in [0, 0.1) is 37.4 Å². The molecule has 0 heterocycles. The molecule has 0 aliphatic carbocycles. The van der Waals surface area contributed by atoms with Gasteiger partial charge in [0.2, 0.25) is 0 Å². The third-order valence-electron chi connectivity index (χ3n) is 2.54. The predicted molar refractivity (Wildman–Crippen MR) is 170 cm³/mol. The first-order valence-corrected chi connectivity index (χ1v) is 12.5. The monoisotopic (exact) mass is 520 g/mol. The summed E-state index contributed by atoms with van der Waals surface area (Å²) in [7, 11) is 3.01. The number of hydrogen-bond donors (Lipinski definition) is 0. The molecule has 37 heavy (non-hydrogen) atoms. The molecule has 0 aromatic carbocycles. The fourth-order valence-electron chi connectivity index (χ4n) is 0.754. The second kappa shape index (κ2) is 105. The third-order valence-corrected chi connectivity index (χ3v) is 2.54. The van der Waals surface area contributed by atoms with Crippen LogP contribution in [-0.2, 0) is 18.9 Å². The van der Waals surface area contributed by atoms with E-state index in [1.54, 1.807) is 7.11 Å². The van der Waals surface area contributed by atoms with Crippen LogP contribution in [0.1, 0.15) is 86.5 Å². The topological polar surface area (TPSA) is 36.9 Å². The van der Waals surface area contributed by atoms with Crippen LogP contribution >= 0.6 is 0 Å². The summed E-state index contributed by atoms with van der Waals surface area (Å²) in [6, 6.07) is 0. The zero-order valence-electron chi connectivity index (χ0n) is 25.7. The molecule has 4 heteroatoms. The van der Waals surface area contributed by atoms with Gasteiger partial charge in [-0.3, -0.25) is 0 Å². The van der Waals surface area contributed by atoms with Crippen LogP contribution in [0.5, 0.6) is 0 Å². The molecule has 0 fully saturated rings. The smallest absolute Gasteiger partial charge is 0.106 e. The molecule has 0 aromatic rings. The van der Waals surface area contributed by atoms with E-state index >= 15 is 0 Å². The van der Waals surface area contributed by atoms with Crippen LogP contribution in [0.3, 0.4) is 0 Å². The van der Waals surface area contributed by atoms with E-state index < -0.39 is 0 Å². The second-order valence-corrected chi connectivity index (χ2v) is 5.66. The molecule has 0 aliphatic heterocycles. The molecule has 216 valence electrons. The molecule has 0 bridgehead atoms. The van der Waals surface area contributed by atoms with Crippen LogP contribution in [-0.4, -0.2) is 27.4 Å². The van der Waals surface area contributed by atoms with Gasteiger partial charge in [-0.1, -0.05) is 91.2 Å². The van der Waals surface area contributed by atoms with Crippen molar-refractivity contribution >= 4 is 0 Å². The van der Waals surface area contributed by atoms with Crippen molar-refractivity contribution in [2.45, 2.75) is 86.5 Å². The Morgan fingerprint density at radius 2 is 1.11 bits per heavy atom. The Hall–Kier alpha value is -3.42. The molecule has 4 nitrogen and oxygen atoms in total. The number of unbranched alkanes of at least 4 members (excludes halogenated alkanes) is 3. The van der Waals surface area contributed by atoms with Gasteiger partial charge in [0.05, 0.1) is 40.0 Å². The molecule has 0 spiro atoms. The van der Waals surface area contributed by atoms with Crippen LogP contribution in [0.4, 0.5) is 0 Å². The average molecular weight is 521 g/mol. The first-order chi connectivity index (χ1) is 17.8. The first kappa shape index (κ1) is 54.5. The Balaban J connectivity index is -0.0000000435. The molecule has 0 radical (unpaired) electrons. The average Bonchev–Trinajstić information content (AvgIpc) is 2.94.